The molecule has 1 unspecified atom stereocenters. The minimum absolute atomic E-state index is 0. The van der Waals surface area contributed by atoms with Crippen LogP contribution in [-0.2, 0) is 0 Å². The largest absolute Gasteiger partial charge is 0.271 e. The second-order valence-electron chi connectivity index (χ2n) is 2.08. The second-order valence-corrected chi connectivity index (χ2v) is 3.23. The van der Waals surface area contributed by atoms with Gasteiger partial charge in [-0.05, 0) is 18.6 Å². The van der Waals surface area contributed by atoms with Gasteiger partial charge in [-0.3, -0.25) is 11.3 Å². The molecule has 64 valence electrons. The number of rotatable bonds is 1. The van der Waals surface area contributed by atoms with Crippen molar-refractivity contribution in [3.05, 3.63) is 0 Å². The quantitative estimate of drug-likeness (QED) is 0.498. The average Bonchev–Trinajstić information content (AvgIpc) is 1.90. The molecule has 1 fully saturated rings. The number of hydrazine groups is 1. The zero-order valence-electron chi connectivity index (χ0n) is 5.71. The van der Waals surface area contributed by atoms with Gasteiger partial charge in [0, 0.05) is 11.8 Å². The van der Waals surface area contributed by atoms with Crippen LogP contribution in [0.15, 0.2) is 0 Å². The maximum atomic E-state index is 5.24. The Balaban J connectivity index is 0. The van der Waals surface area contributed by atoms with Gasteiger partial charge in [-0.2, -0.15) is 11.8 Å². The first-order valence-electron chi connectivity index (χ1n) is 2.97. The summed E-state index contributed by atoms with van der Waals surface area (Å²) >= 11 is 1.99. The Bertz CT molecular complexity index is 68.7. The smallest absolute Gasteiger partial charge is 0.0301 e. The van der Waals surface area contributed by atoms with E-state index in [9.17, 15) is 0 Å². The average molecular weight is 205 g/mol. The fourth-order valence-electron chi connectivity index (χ4n) is 0.872. The Labute approximate surface area is 78.5 Å². The molecule has 1 atom stereocenters. The van der Waals surface area contributed by atoms with E-state index in [0.717, 1.165) is 0 Å². The molecule has 0 aromatic carbocycles. The first-order chi connectivity index (χ1) is 3.93. The summed E-state index contributed by atoms with van der Waals surface area (Å²) in [4.78, 5) is 0. The highest BCUT2D eigenvalue weighted by atomic mass is 35.5. The molecule has 2 nitrogen and oxygen atoms in total. The lowest BCUT2D eigenvalue weighted by atomic mass is 10.2. The number of hydrogen-bond donors (Lipinski definition) is 2. The van der Waals surface area contributed by atoms with Crippen molar-refractivity contribution in [1.82, 2.24) is 5.43 Å². The lowest BCUT2D eigenvalue weighted by molar-refractivity contribution is 0.524. The van der Waals surface area contributed by atoms with Gasteiger partial charge >= 0.3 is 0 Å². The highest BCUT2D eigenvalue weighted by Crippen LogP contribution is 2.15. The Morgan fingerprint density at radius 3 is 2.40 bits per heavy atom. The predicted molar refractivity (Wildman–Crippen MR) is 52.2 cm³/mol. The molecule has 0 bridgehead atoms. The standard InChI is InChI=1S/C5H12N2S.2ClH/c6-7-5-2-1-3-8-4-5;;/h5,7H,1-4,6H2;2*1H. The fraction of sp³-hybridized carbons (Fsp3) is 1.00. The summed E-state index contributed by atoms with van der Waals surface area (Å²) in [5.41, 5.74) is 2.78. The molecule has 0 radical (unpaired) electrons. The van der Waals surface area contributed by atoms with Crippen molar-refractivity contribution in [2.45, 2.75) is 18.9 Å². The van der Waals surface area contributed by atoms with Crippen LogP contribution in [0, 0.1) is 0 Å². The van der Waals surface area contributed by atoms with Gasteiger partial charge in [0.1, 0.15) is 0 Å². The third-order valence-corrected chi connectivity index (χ3v) is 2.61. The van der Waals surface area contributed by atoms with Crippen molar-refractivity contribution in [2.24, 2.45) is 5.84 Å². The Morgan fingerprint density at radius 2 is 2.10 bits per heavy atom. The second kappa shape index (κ2) is 7.95. The normalized spacial score (nSPS) is 24.3. The van der Waals surface area contributed by atoms with Crippen LogP contribution >= 0.6 is 36.6 Å². The van der Waals surface area contributed by atoms with Gasteiger partial charge in [0.15, 0.2) is 0 Å². The number of nitrogens with one attached hydrogen (secondary N) is 1. The Kier molecular flexibility index (Phi) is 10.7. The zero-order valence-corrected chi connectivity index (χ0v) is 8.16. The number of halogens is 2. The van der Waals surface area contributed by atoms with Crippen LogP contribution in [-0.4, -0.2) is 17.5 Å². The van der Waals surface area contributed by atoms with Gasteiger partial charge in [-0.1, -0.05) is 0 Å². The van der Waals surface area contributed by atoms with Crippen molar-refractivity contribution in [3.8, 4) is 0 Å². The molecule has 1 aliphatic heterocycles. The highest BCUT2D eigenvalue weighted by Gasteiger charge is 2.10. The van der Waals surface area contributed by atoms with Gasteiger partial charge in [-0.15, -0.1) is 24.8 Å². The van der Waals surface area contributed by atoms with E-state index in [1.807, 2.05) is 11.8 Å². The van der Waals surface area contributed by atoms with Gasteiger partial charge < -0.3 is 0 Å². The summed E-state index contributed by atoms with van der Waals surface area (Å²) in [6.45, 7) is 0. The number of thioether (sulfide) groups is 1. The molecule has 3 N–H and O–H groups in total. The zero-order chi connectivity index (χ0) is 5.82. The molecule has 10 heavy (non-hydrogen) atoms. The van der Waals surface area contributed by atoms with E-state index in [4.69, 9.17) is 5.84 Å². The number of nitrogens with two attached hydrogens (primary N) is 1. The summed E-state index contributed by atoms with van der Waals surface area (Å²) in [6.07, 6.45) is 2.57. The SMILES string of the molecule is Cl.Cl.NNC1CCCSC1. The minimum Gasteiger partial charge on any atom is -0.271 e. The molecule has 0 amide bonds. The van der Waals surface area contributed by atoms with Crippen LogP contribution < -0.4 is 11.3 Å². The fourth-order valence-corrected chi connectivity index (χ4v) is 1.96. The molecule has 0 aliphatic carbocycles. The third-order valence-electron chi connectivity index (χ3n) is 1.40. The molecule has 1 saturated heterocycles. The van der Waals surface area contributed by atoms with Gasteiger partial charge in [0.2, 0.25) is 0 Å². The third kappa shape index (κ3) is 4.63. The van der Waals surface area contributed by atoms with Crippen molar-refractivity contribution in [3.63, 3.8) is 0 Å². The number of hydrogen-bond acceptors (Lipinski definition) is 3. The van der Waals surface area contributed by atoms with E-state index in [2.05, 4.69) is 5.43 Å². The Hall–Kier alpha value is 0.850. The lowest BCUT2D eigenvalue weighted by Gasteiger charge is -2.19. The lowest BCUT2D eigenvalue weighted by Crippen LogP contribution is -2.38. The molecule has 5 heteroatoms. The summed E-state index contributed by atoms with van der Waals surface area (Å²) < 4.78 is 0. The van der Waals surface area contributed by atoms with E-state index in [1.54, 1.807) is 0 Å². The van der Waals surface area contributed by atoms with E-state index in [1.165, 1.54) is 24.3 Å². The van der Waals surface area contributed by atoms with Crippen LogP contribution in [0.5, 0.6) is 0 Å². The minimum atomic E-state index is 0. The molecule has 1 heterocycles. The first-order valence-corrected chi connectivity index (χ1v) is 4.13. The van der Waals surface area contributed by atoms with Crippen LogP contribution in [0.2, 0.25) is 0 Å². The van der Waals surface area contributed by atoms with Gasteiger partial charge in [0.05, 0.1) is 0 Å². The van der Waals surface area contributed by atoms with Gasteiger partial charge in [0.25, 0.3) is 0 Å². The van der Waals surface area contributed by atoms with Gasteiger partial charge in [-0.25, -0.2) is 0 Å². The summed E-state index contributed by atoms with van der Waals surface area (Å²) in [6, 6.07) is 0.578. The van der Waals surface area contributed by atoms with Crippen LogP contribution in [0.25, 0.3) is 0 Å². The van der Waals surface area contributed by atoms with Crippen molar-refractivity contribution < 1.29 is 0 Å². The van der Waals surface area contributed by atoms with Crippen LogP contribution in [0.3, 0.4) is 0 Å². The van der Waals surface area contributed by atoms with Crippen molar-refractivity contribution in [2.75, 3.05) is 11.5 Å². The van der Waals surface area contributed by atoms with Crippen LogP contribution in [0.4, 0.5) is 0 Å². The Morgan fingerprint density at radius 1 is 1.40 bits per heavy atom. The van der Waals surface area contributed by atoms with E-state index < -0.39 is 0 Å². The van der Waals surface area contributed by atoms with Crippen LogP contribution in [0.1, 0.15) is 12.8 Å². The molecule has 1 rings (SSSR count). The molecular formula is C5H14Cl2N2S. The molecule has 0 aromatic rings. The van der Waals surface area contributed by atoms with E-state index >= 15 is 0 Å². The monoisotopic (exact) mass is 204 g/mol. The van der Waals surface area contributed by atoms with Crippen molar-refractivity contribution >= 4 is 36.6 Å². The molecule has 0 spiro atoms. The molecule has 0 saturated carbocycles. The highest BCUT2D eigenvalue weighted by molar-refractivity contribution is 7.99. The topological polar surface area (TPSA) is 38.0 Å². The first kappa shape index (κ1) is 13.4. The summed E-state index contributed by atoms with van der Waals surface area (Å²) in [7, 11) is 0. The van der Waals surface area contributed by atoms with E-state index in [-0.39, 0.29) is 24.8 Å². The maximum Gasteiger partial charge on any atom is 0.0301 e. The maximum absolute atomic E-state index is 5.24. The predicted octanol–water partition coefficient (Wildman–Crippen LogP) is 1.19. The summed E-state index contributed by atoms with van der Waals surface area (Å²) in [5.74, 6) is 7.75. The molecular weight excluding hydrogens is 191 g/mol. The summed E-state index contributed by atoms with van der Waals surface area (Å²) in [5, 5.41) is 0. The van der Waals surface area contributed by atoms with Crippen molar-refractivity contribution in [1.29, 1.82) is 0 Å². The van der Waals surface area contributed by atoms with E-state index in [0.29, 0.717) is 6.04 Å². The molecule has 1 aliphatic rings. The molecule has 0 aromatic heterocycles.